The molecule has 0 aromatic heterocycles. The van der Waals surface area contributed by atoms with Crippen LogP contribution in [0.3, 0.4) is 0 Å². The Kier molecular flexibility index (Phi) is 4.75. The fourth-order valence-electron chi connectivity index (χ4n) is 2.68. The van der Waals surface area contributed by atoms with Gasteiger partial charge in [0.15, 0.2) is 6.10 Å². The summed E-state index contributed by atoms with van der Waals surface area (Å²) in [6.45, 7) is 1.29. The van der Waals surface area contributed by atoms with Gasteiger partial charge >= 0.3 is 5.97 Å². The Balaban J connectivity index is 2.35. The molecule has 1 aliphatic rings. The van der Waals surface area contributed by atoms with Gasteiger partial charge in [-0.15, -0.1) is 0 Å². The summed E-state index contributed by atoms with van der Waals surface area (Å²) in [5, 5.41) is 9.17. The third kappa shape index (κ3) is 2.85. The molecule has 0 saturated carbocycles. The molecule has 5 heteroatoms. The van der Waals surface area contributed by atoms with Crippen molar-refractivity contribution in [3.05, 3.63) is 35.4 Å². The normalized spacial score (nSPS) is 19.5. The minimum absolute atomic E-state index is 0.398. The molecule has 0 spiro atoms. The van der Waals surface area contributed by atoms with E-state index in [9.17, 15) is 9.90 Å². The van der Waals surface area contributed by atoms with Gasteiger partial charge in [-0.1, -0.05) is 18.2 Å². The molecular weight excluding hydrogens is 260 g/mol. The van der Waals surface area contributed by atoms with Crippen molar-refractivity contribution in [2.45, 2.75) is 24.5 Å². The van der Waals surface area contributed by atoms with Crippen LogP contribution < -0.4 is 0 Å². The van der Waals surface area contributed by atoms with Crippen molar-refractivity contribution in [1.82, 2.24) is 0 Å². The van der Waals surface area contributed by atoms with Gasteiger partial charge in [-0.25, -0.2) is 4.79 Å². The van der Waals surface area contributed by atoms with Crippen molar-refractivity contribution in [2.75, 3.05) is 27.4 Å². The van der Waals surface area contributed by atoms with Gasteiger partial charge in [0.2, 0.25) is 0 Å². The Morgan fingerprint density at radius 1 is 1.35 bits per heavy atom. The number of rotatable bonds is 5. The summed E-state index contributed by atoms with van der Waals surface area (Å²) in [5.41, 5.74) is 1.20. The fourth-order valence-corrected chi connectivity index (χ4v) is 2.68. The molecule has 1 saturated heterocycles. The molecule has 1 N–H and O–H groups in total. The number of benzene rings is 1. The number of hydrogen-bond donors (Lipinski definition) is 1. The summed E-state index contributed by atoms with van der Waals surface area (Å²) >= 11 is 0. The monoisotopic (exact) mass is 280 g/mol. The van der Waals surface area contributed by atoms with Crippen LogP contribution in [0.15, 0.2) is 24.3 Å². The van der Waals surface area contributed by atoms with E-state index in [1.54, 1.807) is 13.2 Å². The Labute approximate surface area is 118 Å². The van der Waals surface area contributed by atoms with Gasteiger partial charge in [-0.3, -0.25) is 0 Å². The van der Waals surface area contributed by atoms with Crippen molar-refractivity contribution in [2.24, 2.45) is 0 Å². The highest BCUT2D eigenvalue weighted by molar-refractivity contribution is 5.74. The van der Waals surface area contributed by atoms with E-state index in [1.165, 1.54) is 7.11 Å². The van der Waals surface area contributed by atoms with Gasteiger partial charge in [-0.2, -0.15) is 0 Å². The number of carboxylic acid groups (broad SMARTS) is 1. The van der Waals surface area contributed by atoms with Crippen LogP contribution in [0, 0.1) is 0 Å². The summed E-state index contributed by atoms with van der Waals surface area (Å²) in [5.74, 6) is -0.997. The summed E-state index contributed by atoms with van der Waals surface area (Å²) in [6.07, 6.45) is 0.568. The smallest absolute Gasteiger partial charge is 0.337 e. The molecule has 110 valence electrons. The van der Waals surface area contributed by atoms with Gasteiger partial charge in [0.05, 0.1) is 5.60 Å². The zero-order valence-corrected chi connectivity index (χ0v) is 11.8. The predicted molar refractivity (Wildman–Crippen MR) is 72.6 cm³/mol. The molecule has 0 aliphatic carbocycles. The van der Waals surface area contributed by atoms with Crippen LogP contribution in [0.1, 0.15) is 30.1 Å². The van der Waals surface area contributed by atoms with E-state index >= 15 is 0 Å². The van der Waals surface area contributed by atoms with E-state index in [0.717, 1.165) is 18.4 Å². The number of methoxy groups -OCH3 is 2. The molecule has 5 nitrogen and oxygen atoms in total. The maximum absolute atomic E-state index is 11.2. The molecule has 1 atom stereocenters. The largest absolute Gasteiger partial charge is 0.479 e. The second-order valence-electron chi connectivity index (χ2n) is 4.89. The van der Waals surface area contributed by atoms with Gasteiger partial charge in [0.1, 0.15) is 0 Å². The van der Waals surface area contributed by atoms with E-state index in [4.69, 9.17) is 14.2 Å². The van der Waals surface area contributed by atoms with E-state index in [0.29, 0.717) is 18.8 Å². The number of ether oxygens (including phenoxy) is 3. The average molecular weight is 280 g/mol. The molecule has 1 unspecified atom stereocenters. The molecule has 0 radical (unpaired) electrons. The molecule has 1 fully saturated rings. The maximum Gasteiger partial charge on any atom is 0.337 e. The maximum atomic E-state index is 11.2. The number of carboxylic acids is 1. The van der Waals surface area contributed by atoms with E-state index in [-0.39, 0.29) is 0 Å². The second kappa shape index (κ2) is 6.35. The standard InChI is InChI=1S/C15H20O5/c1-18-13(14(16)17)11-4-3-5-12(10-11)15(19-2)6-8-20-9-7-15/h3-5,10,13H,6-9H2,1-2H3,(H,16,17). The number of carbonyl (C=O) groups is 1. The molecule has 1 heterocycles. The third-order valence-electron chi connectivity index (χ3n) is 3.87. The first-order chi connectivity index (χ1) is 9.63. The van der Waals surface area contributed by atoms with Crippen molar-refractivity contribution in [3.63, 3.8) is 0 Å². The molecule has 1 aliphatic heterocycles. The highest BCUT2D eigenvalue weighted by Crippen LogP contribution is 2.36. The molecule has 0 bridgehead atoms. The molecule has 1 aromatic rings. The Bertz CT molecular complexity index is 465. The van der Waals surface area contributed by atoms with Crippen molar-refractivity contribution in [1.29, 1.82) is 0 Å². The van der Waals surface area contributed by atoms with Crippen LogP contribution in [0.4, 0.5) is 0 Å². The Morgan fingerprint density at radius 3 is 2.60 bits per heavy atom. The topological polar surface area (TPSA) is 65.0 Å². The fraction of sp³-hybridized carbons (Fsp3) is 0.533. The van der Waals surface area contributed by atoms with Gasteiger partial charge in [0.25, 0.3) is 0 Å². The van der Waals surface area contributed by atoms with E-state index in [1.807, 2.05) is 18.2 Å². The van der Waals surface area contributed by atoms with Crippen LogP contribution in [-0.2, 0) is 24.6 Å². The summed E-state index contributed by atoms with van der Waals surface area (Å²) in [7, 11) is 3.08. The lowest BCUT2D eigenvalue weighted by Gasteiger charge is -2.36. The highest BCUT2D eigenvalue weighted by Gasteiger charge is 2.35. The quantitative estimate of drug-likeness (QED) is 0.895. The lowest BCUT2D eigenvalue weighted by atomic mass is 9.85. The molecular formula is C15H20O5. The molecule has 0 amide bonds. The minimum Gasteiger partial charge on any atom is -0.479 e. The minimum atomic E-state index is -0.997. The van der Waals surface area contributed by atoms with Crippen LogP contribution in [0.5, 0.6) is 0 Å². The van der Waals surface area contributed by atoms with Gasteiger partial charge in [-0.05, 0) is 17.2 Å². The molecule has 2 rings (SSSR count). The van der Waals surface area contributed by atoms with Crippen LogP contribution >= 0.6 is 0 Å². The SMILES string of the molecule is COC(C(=O)O)c1cccc(C2(OC)CCOCC2)c1. The third-order valence-corrected chi connectivity index (χ3v) is 3.87. The van der Waals surface area contributed by atoms with Crippen molar-refractivity contribution < 1.29 is 24.1 Å². The molecule has 20 heavy (non-hydrogen) atoms. The second-order valence-corrected chi connectivity index (χ2v) is 4.89. The van der Waals surface area contributed by atoms with E-state index < -0.39 is 17.7 Å². The summed E-state index contributed by atoms with van der Waals surface area (Å²) in [4.78, 5) is 11.2. The molecule has 1 aromatic carbocycles. The first kappa shape index (κ1) is 15.0. The average Bonchev–Trinajstić information content (AvgIpc) is 2.48. The van der Waals surface area contributed by atoms with Crippen molar-refractivity contribution in [3.8, 4) is 0 Å². The van der Waals surface area contributed by atoms with Gasteiger partial charge in [0, 0.05) is 40.3 Å². The highest BCUT2D eigenvalue weighted by atomic mass is 16.5. The summed E-state index contributed by atoms with van der Waals surface area (Å²) < 4.78 is 16.2. The Morgan fingerprint density at radius 2 is 2.05 bits per heavy atom. The first-order valence-electron chi connectivity index (χ1n) is 6.62. The predicted octanol–water partition coefficient (Wildman–Crippen LogP) is 2.11. The van der Waals surface area contributed by atoms with Crippen LogP contribution in [0.25, 0.3) is 0 Å². The lowest BCUT2D eigenvalue weighted by Crippen LogP contribution is -2.35. The zero-order chi connectivity index (χ0) is 14.6. The van der Waals surface area contributed by atoms with Gasteiger partial charge < -0.3 is 19.3 Å². The number of aliphatic carboxylic acids is 1. The van der Waals surface area contributed by atoms with E-state index in [2.05, 4.69) is 0 Å². The zero-order valence-electron chi connectivity index (χ0n) is 11.8. The van der Waals surface area contributed by atoms with Crippen LogP contribution in [0.2, 0.25) is 0 Å². The first-order valence-corrected chi connectivity index (χ1v) is 6.62. The Hall–Kier alpha value is -1.43. The van der Waals surface area contributed by atoms with Crippen molar-refractivity contribution >= 4 is 5.97 Å². The number of hydrogen-bond acceptors (Lipinski definition) is 4. The lowest BCUT2D eigenvalue weighted by molar-refractivity contribution is -0.148. The van der Waals surface area contributed by atoms with Crippen LogP contribution in [-0.4, -0.2) is 38.5 Å². The summed E-state index contributed by atoms with van der Waals surface area (Å²) in [6, 6.07) is 7.42.